The van der Waals surface area contributed by atoms with E-state index in [0.29, 0.717) is 6.42 Å². The average molecular weight is 454 g/mol. The molecule has 32 heavy (non-hydrogen) atoms. The van der Waals surface area contributed by atoms with Gasteiger partial charge in [0.15, 0.2) is 0 Å². The quantitative estimate of drug-likeness (QED) is 0.295. The van der Waals surface area contributed by atoms with Gasteiger partial charge in [-0.15, -0.1) is 0 Å². The summed E-state index contributed by atoms with van der Waals surface area (Å²) in [6.45, 7) is 1.52. The first-order valence-corrected chi connectivity index (χ1v) is 10.5. The Morgan fingerprint density at radius 1 is 1.16 bits per heavy atom. The summed E-state index contributed by atoms with van der Waals surface area (Å²) in [7, 11) is 0. The summed E-state index contributed by atoms with van der Waals surface area (Å²) in [5, 5.41) is 13.5. The molecule has 164 valence electrons. The van der Waals surface area contributed by atoms with E-state index in [1.165, 1.54) is 30.3 Å². The molecule has 3 amide bonds. The number of halogens is 1. The summed E-state index contributed by atoms with van der Waals surface area (Å²) >= 11 is 6.22. The van der Waals surface area contributed by atoms with Crippen molar-refractivity contribution in [2.24, 2.45) is 17.8 Å². The number of fused-ring (bicyclic) bond motifs is 1. The van der Waals surface area contributed by atoms with Crippen LogP contribution >= 0.6 is 11.6 Å². The second-order valence-electron chi connectivity index (χ2n) is 7.87. The number of allylic oxidation sites excluding steroid dienone is 2. The minimum atomic E-state index is -0.685. The van der Waals surface area contributed by atoms with E-state index in [0.717, 1.165) is 10.0 Å². The number of hydrogen-bond donors (Lipinski definition) is 0. The van der Waals surface area contributed by atoms with Crippen LogP contribution in [0.2, 0.25) is 5.02 Å². The Morgan fingerprint density at radius 2 is 1.84 bits per heavy atom. The highest BCUT2D eigenvalue weighted by Crippen LogP contribution is 2.40. The van der Waals surface area contributed by atoms with Crippen LogP contribution in [0, 0.1) is 27.9 Å². The van der Waals surface area contributed by atoms with Crippen molar-refractivity contribution in [3.8, 4) is 0 Å². The number of nitro benzene ring substituents is 1. The minimum Gasteiger partial charge on any atom is -0.272 e. The van der Waals surface area contributed by atoms with Crippen LogP contribution < -0.4 is 0 Å². The predicted molar refractivity (Wildman–Crippen MR) is 116 cm³/mol. The molecular formula is C23H20ClN3O5. The van der Waals surface area contributed by atoms with Gasteiger partial charge < -0.3 is 0 Å². The van der Waals surface area contributed by atoms with Crippen LogP contribution in [0.3, 0.4) is 0 Å². The molecular weight excluding hydrogens is 434 g/mol. The van der Waals surface area contributed by atoms with Crippen molar-refractivity contribution in [2.45, 2.75) is 19.9 Å². The van der Waals surface area contributed by atoms with Crippen molar-refractivity contribution in [2.75, 3.05) is 0 Å². The number of carbonyl (C=O) groups excluding carboxylic acids is 3. The molecule has 8 nitrogen and oxygen atoms in total. The summed E-state index contributed by atoms with van der Waals surface area (Å²) in [6.07, 6.45) is 4.15. The molecule has 9 heteroatoms. The number of benzene rings is 2. The van der Waals surface area contributed by atoms with Crippen LogP contribution in [0.15, 0.2) is 60.7 Å². The van der Waals surface area contributed by atoms with Crippen LogP contribution in [0.5, 0.6) is 0 Å². The molecule has 1 heterocycles. The molecule has 0 unspecified atom stereocenters. The van der Waals surface area contributed by atoms with Crippen LogP contribution in [-0.4, -0.2) is 32.7 Å². The summed E-state index contributed by atoms with van der Waals surface area (Å²) in [5.41, 5.74) is 0.0740. The smallest absolute Gasteiger partial charge is 0.272 e. The van der Waals surface area contributed by atoms with E-state index in [-0.39, 0.29) is 34.3 Å². The Labute approximate surface area is 189 Å². The Morgan fingerprint density at radius 3 is 2.53 bits per heavy atom. The number of imide groups is 1. The first-order valence-electron chi connectivity index (χ1n) is 10.1. The zero-order valence-corrected chi connectivity index (χ0v) is 17.9. The zero-order chi connectivity index (χ0) is 23.0. The molecule has 0 aromatic heterocycles. The summed E-state index contributed by atoms with van der Waals surface area (Å²) in [4.78, 5) is 51.1. The topological polar surface area (TPSA) is 101 Å². The SMILES string of the molecule is C[C@@H]1C=CC[C@@H]2C(=O)N(N(Cc3ccccc3[N+](=O)[O-])C(=O)c3ccccc3Cl)C(=O)[C@@H]12. The second-order valence-corrected chi connectivity index (χ2v) is 8.28. The summed E-state index contributed by atoms with van der Waals surface area (Å²) in [5.74, 6) is -2.99. The lowest BCUT2D eigenvalue weighted by atomic mass is 9.78. The van der Waals surface area contributed by atoms with E-state index in [2.05, 4.69) is 0 Å². The van der Waals surface area contributed by atoms with Crippen LogP contribution in [0.4, 0.5) is 5.69 Å². The van der Waals surface area contributed by atoms with Crippen LogP contribution in [-0.2, 0) is 16.1 Å². The molecule has 1 aliphatic heterocycles. The molecule has 1 saturated heterocycles. The monoisotopic (exact) mass is 453 g/mol. The van der Waals surface area contributed by atoms with Gasteiger partial charge in [-0.2, -0.15) is 5.01 Å². The summed E-state index contributed by atoms with van der Waals surface area (Å²) < 4.78 is 0. The van der Waals surface area contributed by atoms with Gasteiger partial charge in [0.1, 0.15) is 0 Å². The maximum atomic E-state index is 13.5. The number of hydrazine groups is 1. The van der Waals surface area contributed by atoms with Gasteiger partial charge in [-0.25, -0.2) is 5.01 Å². The molecule has 3 atom stereocenters. The van der Waals surface area contributed by atoms with Crippen molar-refractivity contribution < 1.29 is 19.3 Å². The third-order valence-electron chi connectivity index (χ3n) is 5.94. The zero-order valence-electron chi connectivity index (χ0n) is 17.2. The van der Waals surface area contributed by atoms with Crippen molar-refractivity contribution in [3.63, 3.8) is 0 Å². The van der Waals surface area contributed by atoms with E-state index < -0.39 is 34.5 Å². The predicted octanol–water partition coefficient (Wildman–Crippen LogP) is 4.00. The largest absolute Gasteiger partial charge is 0.274 e. The van der Waals surface area contributed by atoms with E-state index in [1.54, 1.807) is 18.2 Å². The Balaban J connectivity index is 1.79. The Kier molecular flexibility index (Phi) is 5.80. The lowest BCUT2D eigenvalue weighted by Gasteiger charge is -2.31. The van der Waals surface area contributed by atoms with Crippen molar-refractivity contribution in [1.82, 2.24) is 10.0 Å². The van der Waals surface area contributed by atoms with Gasteiger partial charge in [0.2, 0.25) is 0 Å². The lowest BCUT2D eigenvalue weighted by Crippen LogP contribution is -2.50. The maximum absolute atomic E-state index is 13.5. The number of para-hydroxylation sites is 1. The molecule has 2 aromatic carbocycles. The van der Waals surface area contributed by atoms with Crippen LogP contribution in [0.1, 0.15) is 29.3 Å². The van der Waals surface area contributed by atoms with Gasteiger partial charge in [-0.1, -0.05) is 61.0 Å². The number of hydrogen-bond acceptors (Lipinski definition) is 5. The lowest BCUT2D eigenvalue weighted by molar-refractivity contribution is -0.385. The van der Waals surface area contributed by atoms with Gasteiger partial charge in [-0.3, -0.25) is 24.5 Å². The van der Waals surface area contributed by atoms with Gasteiger partial charge in [-0.05, 0) is 24.5 Å². The summed E-state index contributed by atoms with van der Waals surface area (Å²) in [6, 6.07) is 12.2. The van der Waals surface area contributed by atoms with Gasteiger partial charge in [0.05, 0.1) is 39.5 Å². The maximum Gasteiger partial charge on any atom is 0.274 e. The standard InChI is InChI=1S/C23H20ClN3O5/c1-14-7-6-10-17-20(14)23(30)26(22(17)29)25(21(28)16-9-3-4-11-18(16)24)13-15-8-2-5-12-19(15)27(31)32/h2-9,11-12,14,17,20H,10,13H2,1H3/t14-,17+,20+/m1/s1. The number of carbonyl (C=O) groups is 3. The molecule has 1 aliphatic carbocycles. The number of nitrogens with zero attached hydrogens (tertiary/aromatic N) is 3. The molecule has 0 bridgehead atoms. The molecule has 0 radical (unpaired) electrons. The van der Waals surface area contributed by atoms with Gasteiger partial charge in [0, 0.05) is 6.07 Å². The third-order valence-corrected chi connectivity index (χ3v) is 6.27. The van der Waals surface area contributed by atoms with Crippen LogP contribution in [0.25, 0.3) is 0 Å². The molecule has 0 N–H and O–H groups in total. The second kappa shape index (κ2) is 8.55. The fraction of sp³-hybridized carbons (Fsp3) is 0.261. The van der Waals surface area contributed by atoms with Crippen molar-refractivity contribution in [3.05, 3.63) is 86.9 Å². The van der Waals surface area contributed by atoms with E-state index in [4.69, 9.17) is 11.6 Å². The molecule has 1 fully saturated rings. The molecule has 0 spiro atoms. The number of rotatable bonds is 5. The normalized spacial score (nSPS) is 22.1. The molecule has 4 rings (SSSR count). The average Bonchev–Trinajstić information content (AvgIpc) is 3.03. The molecule has 0 saturated carbocycles. The van der Waals surface area contributed by atoms with Gasteiger partial charge >= 0.3 is 0 Å². The number of amides is 3. The number of nitro groups is 1. The molecule has 2 aromatic rings. The minimum absolute atomic E-state index is 0.0920. The third kappa shape index (κ3) is 3.67. The first kappa shape index (κ1) is 21.7. The highest BCUT2D eigenvalue weighted by Gasteiger charge is 2.53. The fourth-order valence-electron chi connectivity index (χ4n) is 4.36. The van der Waals surface area contributed by atoms with E-state index in [1.807, 2.05) is 19.1 Å². The Hall–Kier alpha value is -3.52. The highest BCUT2D eigenvalue weighted by atomic mass is 35.5. The van der Waals surface area contributed by atoms with E-state index in [9.17, 15) is 24.5 Å². The first-order chi connectivity index (χ1) is 15.3. The Bertz CT molecular complexity index is 1150. The van der Waals surface area contributed by atoms with E-state index >= 15 is 0 Å². The van der Waals surface area contributed by atoms with Crippen molar-refractivity contribution in [1.29, 1.82) is 0 Å². The van der Waals surface area contributed by atoms with Gasteiger partial charge in [0.25, 0.3) is 23.4 Å². The molecule has 2 aliphatic rings. The fourth-order valence-corrected chi connectivity index (χ4v) is 4.58. The highest BCUT2D eigenvalue weighted by molar-refractivity contribution is 6.33. The van der Waals surface area contributed by atoms with Crippen molar-refractivity contribution >= 4 is 35.0 Å².